The number of carbonyl (C=O) groups excluding carboxylic acids is 1. The molecule has 1 aromatic rings. The summed E-state index contributed by atoms with van der Waals surface area (Å²) in [6, 6.07) is 0. The zero-order valence-electron chi connectivity index (χ0n) is 13.1. The van der Waals surface area contributed by atoms with E-state index in [4.69, 9.17) is 9.47 Å². The number of morpholine rings is 1. The third-order valence-corrected chi connectivity index (χ3v) is 4.23. The number of ether oxygens (including phenoxy) is 2. The molecule has 0 unspecified atom stereocenters. The second-order valence-corrected chi connectivity index (χ2v) is 5.70. The summed E-state index contributed by atoms with van der Waals surface area (Å²) in [6.07, 6.45) is 0. The Hall–Kier alpha value is -1.32. The van der Waals surface area contributed by atoms with E-state index in [9.17, 15) is 4.79 Å². The lowest BCUT2D eigenvalue weighted by atomic mass is 10.4. The van der Waals surface area contributed by atoms with Gasteiger partial charge >= 0.3 is 0 Å². The highest BCUT2D eigenvalue weighted by atomic mass is 32.2. The van der Waals surface area contributed by atoms with Gasteiger partial charge in [-0.3, -0.25) is 9.36 Å². The number of anilines is 1. The minimum absolute atomic E-state index is 0.0272. The Labute approximate surface area is 134 Å². The normalized spacial score (nSPS) is 15.1. The molecule has 0 aliphatic carbocycles. The minimum atomic E-state index is -0.0272. The Morgan fingerprint density at radius 3 is 2.86 bits per heavy atom. The second kappa shape index (κ2) is 8.96. The van der Waals surface area contributed by atoms with E-state index in [1.807, 2.05) is 4.57 Å². The molecule has 0 aromatic carbocycles. The van der Waals surface area contributed by atoms with E-state index >= 15 is 0 Å². The van der Waals surface area contributed by atoms with Gasteiger partial charge in [0.05, 0.1) is 25.6 Å². The van der Waals surface area contributed by atoms with Crippen molar-refractivity contribution in [1.29, 1.82) is 0 Å². The van der Waals surface area contributed by atoms with Gasteiger partial charge in [-0.1, -0.05) is 11.8 Å². The van der Waals surface area contributed by atoms with Gasteiger partial charge in [-0.25, -0.2) is 0 Å². The first-order chi connectivity index (χ1) is 10.8. The van der Waals surface area contributed by atoms with Crippen molar-refractivity contribution in [2.24, 2.45) is 0 Å². The van der Waals surface area contributed by atoms with Crippen molar-refractivity contribution < 1.29 is 14.3 Å². The van der Waals surface area contributed by atoms with E-state index in [0.29, 0.717) is 32.1 Å². The predicted molar refractivity (Wildman–Crippen MR) is 84.3 cm³/mol. The first kappa shape index (κ1) is 17.0. The molecule has 2 rings (SSSR count). The third kappa shape index (κ3) is 4.59. The zero-order chi connectivity index (χ0) is 15.8. The molecule has 1 fully saturated rings. The maximum atomic E-state index is 11.7. The standard InChI is InChI=1S/C13H23N5O3S/c1-3-18-12(17-5-8-21-9-6-17)15-16-13(18)22-10-11(19)14-4-7-20-2/h3-10H2,1-2H3,(H,14,19). The van der Waals surface area contributed by atoms with Crippen LogP contribution in [-0.4, -0.2) is 73.0 Å². The molecule has 2 heterocycles. The van der Waals surface area contributed by atoms with Crippen LogP contribution in [0.2, 0.25) is 0 Å². The molecule has 1 N–H and O–H groups in total. The Balaban J connectivity index is 1.91. The van der Waals surface area contributed by atoms with Crippen molar-refractivity contribution in [3.05, 3.63) is 0 Å². The van der Waals surface area contributed by atoms with E-state index in [-0.39, 0.29) is 5.91 Å². The molecule has 124 valence electrons. The van der Waals surface area contributed by atoms with E-state index in [1.54, 1.807) is 7.11 Å². The number of nitrogens with zero attached hydrogens (tertiary/aromatic N) is 4. The summed E-state index contributed by atoms with van der Waals surface area (Å²) in [7, 11) is 1.61. The van der Waals surface area contributed by atoms with Crippen molar-refractivity contribution in [3.63, 3.8) is 0 Å². The number of methoxy groups -OCH3 is 1. The Bertz CT molecular complexity index is 476. The SMILES string of the molecule is CCn1c(SCC(=O)NCCOC)nnc1N1CCOCC1. The van der Waals surface area contributed by atoms with Crippen LogP contribution in [0.5, 0.6) is 0 Å². The smallest absolute Gasteiger partial charge is 0.230 e. The third-order valence-electron chi connectivity index (χ3n) is 3.27. The summed E-state index contributed by atoms with van der Waals surface area (Å²) in [6.45, 7) is 6.92. The quantitative estimate of drug-likeness (QED) is 0.530. The molecule has 0 radical (unpaired) electrons. The van der Waals surface area contributed by atoms with Gasteiger partial charge in [0, 0.05) is 33.3 Å². The number of thioether (sulfide) groups is 1. The van der Waals surface area contributed by atoms with Gasteiger partial charge in [0.2, 0.25) is 11.9 Å². The molecule has 1 amide bonds. The molecule has 0 atom stereocenters. The highest BCUT2D eigenvalue weighted by Crippen LogP contribution is 2.22. The molecular formula is C13H23N5O3S. The number of carbonyl (C=O) groups is 1. The Morgan fingerprint density at radius 1 is 1.41 bits per heavy atom. The van der Waals surface area contributed by atoms with Crippen LogP contribution in [0.4, 0.5) is 5.95 Å². The van der Waals surface area contributed by atoms with Crippen LogP contribution in [0.1, 0.15) is 6.92 Å². The summed E-state index contributed by atoms with van der Waals surface area (Å²) in [5.74, 6) is 1.15. The predicted octanol–water partition coefficient (Wildman–Crippen LogP) is -0.0107. The molecule has 0 bridgehead atoms. The minimum Gasteiger partial charge on any atom is -0.383 e. The number of amides is 1. The molecule has 0 saturated carbocycles. The van der Waals surface area contributed by atoms with Crippen LogP contribution in [0.3, 0.4) is 0 Å². The maximum Gasteiger partial charge on any atom is 0.230 e. The molecule has 0 spiro atoms. The van der Waals surface area contributed by atoms with Gasteiger partial charge < -0.3 is 19.7 Å². The Kier molecular flexibility index (Phi) is 6.94. The maximum absolute atomic E-state index is 11.7. The lowest BCUT2D eigenvalue weighted by molar-refractivity contribution is -0.118. The Morgan fingerprint density at radius 2 is 2.18 bits per heavy atom. The van der Waals surface area contributed by atoms with Crippen molar-refractivity contribution in [2.75, 3.05) is 57.2 Å². The lowest BCUT2D eigenvalue weighted by Gasteiger charge is -2.27. The number of hydrogen-bond acceptors (Lipinski definition) is 7. The van der Waals surface area contributed by atoms with Crippen molar-refractivity contribution in [1.82, 2.24) is 20.1 Å². The number of rotatable bonds is 8. The van der Waals surface area contributed by atoms with E-state index < -0.39 is 0 Å². The van der Waals surface area contributed by atoms with Gasteiger partial charge in [-0.15, -0.1) is 10.2 Å². The lowest BCUT2D eigenvalue weighted by Crippen LogP contribution is -2.38. The summed E-state index contributed by atoms with van der Waals surface area (Å²) in [5, 5.41) is 12.1. The first-order valence-electron chi connectivity index (χ1n) is 7.40. The molecule has 8 nitrogen and oxygen atoms in total. The van der Waals surface area contributed by atoms with Gasteiger partial charge in [0.25, 0.3) is 0 Å². The molecule has 1 saturated heterocycles. The molecule has 9 heteroatoms. The highest BCUT2D eigenvalue weighted by Gasteiger charge is 2.20. The number of aromatic nitrogens is 3. The number of nitrogens with one attached hydrogen (secondary N) is 1. The van der Waals surface area contributed by atoms with Crippen molar-refractivity contribution in [2.45, 2.75) is 18.6 Å². The van der Waals surface area contributed by atoms with Crippen LogP contribution in [0.15, 0.2) is 5.16 Å². The molecule has 1 aliphatic heterocycles. The molecule has 1 aliphatic rings. The largest absolute Gasteiger partial charge is 0.383 e. The summed E-state index contributed by atoms with van der Waals surface area (Å²) in [4.78, 5) is 13.9. The molecule has 1 aromatic heterocycles. The fourth-order valence-electron chi connectivity index (χ4n) is 2.14. The van der Waals surface area contributed by atoms with E-state index in [0.717, 1.165) is 30.7 Å². The van der Waals surface area contributed by atoms with Gasteiger partial charge in [0.15, 0.2) is 5.16 Å². The fraction of sp³-hybridized carbons (Fsp3) is 0.769. The van der Waals surface area contributed by atoms with E-state index in [1.165, 1.54) is 11.8 Å². The highest BCUT2D eigenvalue weighted by molar-refractivity contribution is 7.99. The summed E-state index contributed by atoms with van der Waals surface area (Å²) in [5.41, 5.74) is 0. The average molecular weight is 329 g/mol. The van der Waals surface area contributed by atoms with Crippen molar-refractivity contribution in [3.8, 4) is 0 Å². The molecular weight excluding hydrogens is 306 g/mol. The fourth-order valence-corrected chi connectivity index (χ4v) is 2.96. The monoisotopic (exact) mass is 329 g/mol. The van der Waals surface area contributed by atoms with Crippen LogP contribution >= 0.6 is 11.8 Å². The van der Waals surface area contributed by atoms with Gasteiger partial charge in [0.1, 0.15) is 0 Å². The summed E-state index contributed by atoms with van der Waals surface area (Å²) < 4.78 is 12.3. The molecule has 22 heavy (non-hydrogen) atoms. The van der Waals surface area contributed by atoms with Crippen LogP contribution in [0, 0.1) is 0 Å². The number of hydrogen-bond donors (Lipinski definition) is 1. The van der Waals surface area contributed by atoms with Crippen LogP contribution in [-0.2, 0) is 20.8 Å². The van der Waals surface area contributed by atoms with Gasteiger partial charge in [-0.2, -0.15) is 0 Å². The van der Waals surface area contributed by atoms with Crippen molar-refractivity contribution >= 4 is 23.6 Å². The zero-order valence-corrected chi connectivity index (χ0v) is 13.9. The average Bonchev–Trinajstić information content (AvgIpc) is 2.97. The summed E-state index contributed by atoms with van der Waals surface area (Å²) >= 11 is 1.40. The van der Waals surface area contributed by atoms with Gasteiger partial charge in [-0.05, 0) is 6.92 Å². The topological polar surface area (TPSA) is 81.5 Å². The first-order valence-corrected chi connectivity index (χ1v) is 8.39. The van der Waals surface area contributed by atoms with E-state index in [2.05, 4.69) is 27.3 Å². The second-order valence-electron chi connectivity index (χ2n) is 4.76. The van der Waals surface area contributed by atoms with Crippen LogP contribution in [0.25, 0.3) is 0 Å². The van der Waals surface area contributed by atoms with Crippen LogP contribution < -0.4 is 10.2 Å².